The molecule has 0 heterocycles. The molecular weight excluding hydrogens is 351 g/mol. The van der Waals surface area contributed by atoms with Crippen LogP contribution in [0.3, 0.4) is 0 Å². The largest absolute Gasteiger partial charge is 0.462 e. The van der Waals surface area contributed by atoms with E-state index in [1.54, 1.807) is 0 Å². The van der Waals surface area contributed by atoms with Gasteiger partial charge in [0, 0.05) is 3.57 Å². The third-order valence-corrected chi connectivity index (χ3v) is 3.93. The summed E-state index contributed by atoms with van der Waals surface area (Å²) in [5.41, 5.74) is 4.32. The number of allylic oxidation sites excluding steroid dienone is 1. The van der Waals surface area contributed by atoms with Crippen LogP contribution < -0.4 is 0 Å². The first-order valence-electron chi connectivity index (χ1n) is 6.45. The van der Waals surface area contributed by atoms with Gasteiger partial charge in [-0.15, -0.1) is 0 Å². The van der Waals surface area contributed by atoms with Crippen LogP contribution in [0.25, 0.3) is 6.08 Å². The van der Waals surface area contributed by atoms with Crippen molar-refractivity contribution < 1.29 is 9.53 Å². The van der Waals surface area contributed by atoms with E-state index in [-0.39, 0.29) is 5.97 Å². The maximum Gasteiger partial charge on any atom is 0.338 e. The Labute approximate surface area is 127 Å². The van der Waals surface area contributed by atoms with E-state index < -0.39 is 0 Å². The van der Waals surface area contributed by atoms with Crippen molar-refractivity contribution in [1.82, 2.24) is 0 Å². The smallest absolute Gasteiger partial charge is 0.338 e. The van der Waals surface area contributed by atoms with Crippen molar-refractivity contribution in [2.75, 3.05) is 6.61 Å². The van der Waals surface area contributed by atoms with E-state index in [9.17, 15) is 4.79 Å². The molecule has 1 aromatic rings. The zero-order valence-corrected chi connectivity index (χ0v) is 13.4. The van der Waals surface area contributed by atoms with Gasteiger partial charge < -0.3 is 4.74 Å². The third-order valence-electron chi connectivity index (χ3n) is 3.26. The van der Waals surface area contributed by atoms with Crippen LogP contribution in [-0.4, -0.2) is 12.6 Å². The standard InChI is InChI=1S/C16H17IO2/c1-3-19-16(18)15-9-7-13-10-14(17)8-6-12(13)5-4-11(15)2/h6-10H,3-5H2,1-2H3. The first-order valence-corrected chi connectivity index (χ1v) is 7.53. The number of benzene rings is 1. The van der Waals surface area contributed by atoms with Crippen molar-refractivity contribution in [3.63, 3.8) is 0 Å². The molecule has 0 amide bonds. The predicted molar refractivity (Wildman–Crippen MR) is 85.8 cm³/mol. The molecular formula is C16H17IO2. The molecule has 0 atom stereocenters. The van der Waals surface area contributed by atoms with E-state index in [0.29, 0.717) is 12.2 Å². The van der Waals surface area contributed by atoms with Gasteiger partial charge in [0.25, 0.3) is 0 Å². The molecule has 0 unspecified atom stereocenters. The molecule has 0 aliphatic heterocycles. The molecule has 2 nitrogen and oxygen atoms in total. The number of hydrogen-bond donors (Lipinski definition) is 0. The maximum absolute atomic E-state index is 11.9. The summed E-state index contributed by atoms with van der Waals surface area (Å²) in [7, 11) is 0. The highest BCUT2D eigenvalue weighted by Crippen LogP contribution is 2.24. The molecule has 3 heteroatoms. The predicted octanol–water partition coefficient (Wildman–Crippen LogP) is 4.13. The lowest BCUT2D eigenvalue weighted by atomic mass is 9.94. The first-order chi connectivity index (χ1) is 9.11. The van der Waals surface area contributed by atoms with Crippen molar-refractivity contribution in [3.8, 4) is 0 Å². The number of rotatable bonds is 2. The number of ether oxygens (including phenoxy) is 1. The van der Waals surface area contributed by atoms with E-state index in [0.717, 1.165) is 18.4 Å². The molecule has 0 radical (unpaired) electrons. The molecule has 2 rings (SSSR count). The number of esters is 1. The summed E-state index contributed by atoms with van der Waals surface area (Å²) >= 11 is 2.31. The average Bonchev–Trinajstić information content (AvgIpc) is 2.36. The molecule has 1 aliphatic carbocycles. The Hall–Kier alpha value is -1.10. The van der Waals surface area contributed by atoms with Crippen LogP contribution in [0.1, 0.15) is 31.4 Å². The fraction of sp³-hybridized carbons (Fsp3) is 0.312. The van der Waals surface area contributed by atoms with E-state index in [1.165, 1.54) is 14.7 Å². The molecule has 1 aromatic carbocycles. The molecule has 19 heavy (non-hydrogen) atoms. The van der Waals surface area contributed by atoms with Gasteiger partial charge in [0.05, 0.1) is 12.2 Å². The second-order valence-corrected chi connectivity index (χ2v) is 5.84. The van der Waals surface area contributed by atoms with Gasteiger partial charge in [0.1, 0.15) is 0 Å². The van der Waals surface area contributed by atoms with Gasteiger partial charge in [-0.1, -0.05) is 17.7 Å². The van der Waals surface area contributed by atoms with Gasteiger partial charge in [-0.05, 0) is 78.6 Å². The highest BCUT2D eigenvalue weighted by Gasteiger charge is 2.14. The molecule has 1 aliphatic rings. The molecule has 0 aromatic heterocycles. The highest BCUT2D eigenvalue weighted by molar-refractivity contribution is 14.1. The Balaban J connectivity index is 2.37. The van der Waals surface area contributed by atoms with Crippen molar-refractivity contribution in [3.05, 3.63) is 50.1 Å². The van der Waals surface area contributed by atoms with E-state index >= 15 is 0 Å². The minimum atomic E-state index is -0.217. The van der Waals surface area contributed by atoms with Gasteiger partial charge >= 0.3 is 5.97 Å². The van der Waals surface area contributed by atoms with Gasteiger partial charge in [-0.3, -0.25) is 0 Å². The lowest BCUT2D eigenvalue weighted by Gasteiger charge is -2.13. The maximum atomic E-state index is 11.9. The van der Waals surface area contributed by atoms with Crippen LogP contribution in [0.2, 0.25) is 0 Å². The number of halogens is 1. The second-order valence-electron chi connectivity index (χ2n) is 4.59. The number of carbonyl (C=O) groups is 1. The molecule has 0 bridgehead atoms. The van der Waals surface area contributed by atoms with Gasteiger partial charge in [-0.2, -0.15) is 0 Å². The monoisotopic (exact) mass is 368 g/mol. The quantitative estimate of drug-likeness (QED) is 0.580. The topological polar surface area (TPSA) is 26.3 Å². The van der Waals surface area contributed by atoms with Crippen LogP contribution >= 0.6 is 22.6 Å². The fourth-order valence-electron chi connectivity index (χ4n) is 2.17. The minimum Gasteiger partial charge on any atom is -0.462 e. The normalized spacial score (nSPS) is 14.7. The Bertz CT molecular complexity index is 556. The highest BCUT2D eigenvalue weighted by atomic mass is 127. The summed E-state index contributed by atoms with van der Waals surface area (Å²) < 4.78 is 6.32. The molecule has 0 fully saturated rings. The molecule has 0 saturated carbocycles. The van der Waals surface area contributed by atoms with Gasteiger partial charge in [0.2, 0.25) is 0 Å². The van der Waals surface area contributed by atoms with Crippen LogP contribution in [-0.2, 0) is 16.0 Å². The van der Waals surface area contributed by atoms with E-state index in [2.05, 4.69) is 40.8 Å². The van der Waals surface area contributed by atoms with Crippen LogP contribution in [0.15, 0.2) is 35.4 Å². The first kappa shape index (κ1) is 14.3. The summed E-state index contributed by atoms with van der Waals surface area (Å²) in [6, 6.07) is 6.44. The van der Waals surface area contributed by atoms with Crippen molar-refractivity contribution >= 4 is 34.6 Å². The summed E-state index contributed by atoms with van der Waals surface area (Å²) in [6.07, 6.45) is 5.77. The molecule has 0 spiro atoms. The lowest BCUT2D eigenvalue weighted by molar-refractivity contribution is -0.138. The minimum absolute atomic E-state index is 0.217. The summed E-state index contributed by atoms with van der Waals surface area (Å²) in [6.45, 7) is 4.25. The van der Waals surface area contributed by atoms with Crippen LogP contribution in [0, 0.1) is 3.57 Å². The molecule has 0 saturated heterocycles. The van der Waals surface area contributed by atoms with E-state index in [1.807, 2.05) is 26.0 Å². The lowest BCUT2D eigenvalue weighted by Crippen LogP contribution is -2.09. The van der Waals surface area contributed by atoms with Crippen LogP contribution in [0.5, 0.6) is 0 Å². The fourth-order valence-corrected chi connectivity index (χ4v) is 2.69. The zero-order valence-electron chi connectivity index (χ0n) is 11.2. The zero-order chi connectivity index (χ0) is 13.8. The SMILES string of the molecule is CCOC(=O)C1=C(C)CCc2ccc(I)cc2C=C1. The Kier molecular flexibility index (Phi) is 4.80. The summed E-state index contributed by atoms with van der Waals surface area (Å²) in [5, 5.41) is 0. The van der Waals surface area contributed by atoms with Gasteiger partial charge in [-0.25, -0.2) is 4.79 Å². The Morgan fingerprint density at radius 3 is 2.84 bits per heavy atom. The molecule has 100 valence electrons. The van der Waals surface area contributed by atoms with E-state index in [4.69, 9.17) is 4.74 Å². The number of fused-ring (bicyclic) bond motifs is 1. The van der Waals surface area contributed by atoms with Crippen LogP contribution in [0.4, 0.5) is 0 Å². The Morgan fingerprint density at radius 2 is 2.11 bits per heavy atom. The van der Waals surface area contributed by atoms with Crippen molar-refractivity contribution in [2.45, 2.75) is 26.7 Å². The number of hydrogen-bond acceptors (Lipinski definition) is 2. The molecule has 0 N–H and O–H groups in total. The average molecular weight is 368 g/mol. The number of carbonyl (C=O) groups excluding carboxylic acids is 1. The van der Waals surface area contributed by atoms with Gasteiger partial charge in [0.15, 0.2) is 0 Å². The summed E-state index contributed by atoms with van der Waals surface area (Å²) in [5.74, 6) is -0.217. The van der Waals surface area contributed by atoms with Crippen molar-refractivity contribution in [1.29, 1.82) is 0 Å². The van der Waals surface area contributed by atoms with Crippen molar-refractivity contribution in [2.24, 2.45) is 0 Å². The third kappa shape index (κ3) is 3.47. The second kappa shape index (κ2) is 6.37. The Morgan fingerprint density at radius 1 is 1.32 bits per heavy atom. The summed E-state index contributed by atoms with van der Waals surface area (Å²) in [4.78, 5) is 11.9. The number of aryl methyl sites for hydroxylation is 1.